The molecule has 1 fully saturated rings. The molecule has 0 bridgehead atoms. The summed E-state index contributed by atoms with van der Waals surface area (Å²) < 4.78 is 5.27. The molecule has 0 spiro atoms. The Morgan fingerprint density at radius 3 is 2.86 bits per heavy atom. The largest absolute Gasteiger partial charge is 0.480 e. The van der Waals surface area contributed by atoms with Gasteiger partial charge in [0.1, 0.15) is 6.04 Å². The number of rotatable bonds is 4. The molecule has 21 heavy (non-hydrogen) atoms. The van der Waals surface area contributed by atoms with Crippen LogP contribution in [0.5, 0.6) is 0 Å². The van der Waals surface area contributed by atoms with Crippen LogP contribution in [-0.4, -0.2) is 41.8 Å². The highest BCUT2D eigenvalue weighted by atomic mass is 35.5. The van der Waals surface area contributed by atoms with Crippen LogP contribution >= 0.6 is 11.6 Å². The predicted molar refractivity (Wildman–Crippen MR) is 82.9 cm³/mol. The second-order valence-corrected chi connectivity index (χ2v) is 6.26. The number of hydrogen-bond donors (Lipinski definition) is 1. The van der Waals surface area contributed by atoms with Gasteiger partial charge in [0, 0.05) is 18.1 Å². The highest BCUT2D eigenvalue weighted by Crippen LogP contribution is 2.28. The topological polar surface area (TPSA) is 49.8 Å². The van der Waals surface area contributed by atoms with Gasteiger partial charge in [-0.05, 0) is 35.6 Å². The van der Waals surface area contributed by atoms with Crippen molar-refractivity contribution < 1.29 is 14.6 Å². The van der Waals surface area contributed by atoms with Crippen LogP contribution in [0.2, 0.25) is 5.02 Å². The molecule has 2 rings (SSSR count). The zero-order valence-corrected chi connectivity index (χ0v) is 13.5. The molecule has 1 aliphatic heterocycles. The third-order valence-corrected chi connectivity index (χ3v) is 4.30. The number of hydrogen-bond acceptors (Lipinski definition) is 3. The minimum atomic E-state index is -0.836. The Kier molecular flexibility index (Phi) is 5.25. The van der Waals surface area contributed by atoms with Crippen LogP contribution in [0, 0.1) is 6.92 Å². The van der Waals surface area contributed by atoms with Crippen molar-refractivity contribution in [3.8, 4) is 0 Å². The Balaban J connectivity index is 2.22. The Labute approximate surface area is 130 Å². The van der Waals surface area contributed by atoms with Gasteiger partial charge >= 0.3 is 5.97 Å². The first-order chi connectivity index (χ1) is 9.90. The summed E-state index contributed by atoms with van der Waals surface area (Å²) in [6.07, 6.45) is 0. The van der Waals surface area contributed by atoms with Gasteiger partial charge in [0.15, 0.2) is 0 Å². The van der Waals surface area contributed by atoms with Crippen LogP contribution < -0.4 is 0 Å². The number of benzene rings is 1. The van der Waals surface area contributed by atoms with Crippen molar-refractivity contribution in [3.63, 3.8) is 0 Å². The Morgan fingerprint density at radius 1 is 1.52 bits per heavy atom. The minimum absolute atomic E-state index is 0.242. The standard InChI is InChI=1S/C16H22ClNO3/c1-10(2)13-6-11(3)12(7-14(13)17)8-18-4-5-21-9-15(18)16(19)20/h6-7,10,15H,4-5,8-9H2,1-3H3,(H,19,20)/t15-/m0/s1. The lowest BCUT2D eigenvalue weighted by Gasteiger charge is -2.33. The molecule has 0 aliphatic carbocycles. The van der Waals surface area contributed by atoms with E-state index in [0.29, 0.717) is 25.6 Å². The fourth-order valence-corrected chi connectivity index (χ4v) is 3.04. The van der Waals surface area contributed by atoms with Crippen LogP contribution in [-0.2, 0) is 16.1 Å². The van der Waals surface area contributed by atoms with Crippen molar-refractivity contribution >= 4 is 17.6 Å². The molecule has 1 aliphatic rings. The van der Waals surface area contributed by atoms with Crippen molar-refractivity contribution in [2.75, 3.05) is 19.8 Å². The lowest BCUT2D eigenvalue weighted by Crippen LogP contribution is -2.49. The van der Waals surface area contributed by atoms with Gasteiger partial charge in [0.05, 0.1) is 13.2 Å². The van der Waals surface area contributed by atoms with Crippen molar-refractivity contribution in [2.45, 2.75) is 39.3 Å². The molecule has 0 radical (unpaired) electrons. The van der Waals surface area contributed by atoms with E-state index in [2.05, 4.69) is 19.9 Å². The Bertz CT molecular complexity index is 530. The smallest absolute Gasteiger partial charge is 0.323 e. The molecular formula is C16H22ClNO3. The van der Waals surface area contributed by atoms with Gasteiger partial charge in [0.25, 0.3) is 0 Å². The Morgan fingerprint density at radius 2 is 2.24 bits per heavy atom. The van der Waals surface area contributed by atoms with E-state index in [4.69, 9.17) is 16.3 Å². The molecule has 0 saturated carbocycles. The number of carbonyl (C=O) groups is 1. The fraction of sp³-hybridized carbons (Fsp3) is 0.562. The Hall–Kier alpha value is -1.10. The summed E-state index contributed by atoms with van der Waals surface area (Å²) in [5, 5.41) is 10.0. The first kappa shape index (κ1) is 16.3. The van der Waals surface area contributed by atoms with E-state index in [-0.39, 0.29) is 6.61 Å². The van der Waals surface area contributed by atoms with Crippen molar-refractivity contribution in [1.29, 1.82) is 0 Å². The summed E-state index contributed by atoms with van der Waals surface area (Å²) in [5.41, 5.74) is 3.37. The van der Waals surface area contributed by atoms with E-state index in [0.717, 1.165) is 21.7 Å². The number of carboxylic acids is 1. The number of aliphatic carboxylic acids is 1. The van der Waals surface area contributed by atoms with E-state index in [1.54, 1.807) is 0 Å². The molecule has 0 amide bonds. The number of ether oxygens (including phenoxy) is 1. The molecule has 116 valence electrons. The van der Waals surface area contributed by atoms with Crippen molar-refractivity contribution in [2.24, 2.45) is 0 Å². The van der Waals surface area contributed by atoms with Gasteiger partial charge < -0.3 is 9.84 Å². The molecule has 5 heteroatoms. The van der Waals surface area contributed by atoms with Crippen LogP contribution in [0.4, 0.5) is 0 Å². The van der Waals surface area contributed by atoms with Crippen LogP contribution in [0.3, 0.4) is 0 Å². The maximum Gasteiger partial charge on any atom is 0.323 e. The zero-order valence-electron chi connectivity index (χ0n) is 12.7. The molecule has 1 N–H and O–H groups in total. The van der Waals surface area contributed by atoms with Gasteiger partial charge in [0.2, 0.25) is 0 Å². The predicted octanol–water partition coefficient (Wildman–Crippen LogP) is 3.06. The monoisotopic (exact) mass is 311 g/mol. The van der Waals surface area contributed by atoms with E-state index >= 15 is 0 Å². The first-order valence-electron chi connectivity index (χ1n) is 7.23. The lowest BCUT2D eigenvalue weighted by molar-refractivity contribution is -0.150. The highest BCUT2D eigenvalue weighted by molar-refractivity contribution is 6.31. The summed E-state index contributed by atoms with van der Waals surface area (Å²) in [6, 6.07) is 3.50. The highest BCUT2D eigenvalue weighted by Gasteiger charge is 2.29. The van der Waals surface area contributed by atoms with Crippen LogP contribution in [0.15, 0.2) is 12.1 Å². The molecule has 0 unspecified atom stereocenters. The average molecular weight is 312 g/mol. The molecule has 1 saturated heterocycles. The number of nitrogens with zero attached hydrogens (tertiary/aromatic N) is 1. The third-order valence-electron chi connectivity index (χ3n) is 3.98. The summed E-state index contributed by atoms with van der Waals surface area (Å²) in [6.45, 7) is 8.30. The SMILES string of the molecule is Cc1cc(C(C)C)c(Cl)cc1CN1CCOC[C@H]1C(=O)O. The van der Waals surface area contributed by atoms with Gasteiger partial charge in [-0.15, -0.1) is 0 Å². The first-order valence-corrected chi connectivity index (χ1v) is 7.61. The molecule has 1 heterocycles. The molecule has 1 aromatic carbocycles. The average Bonchev–Trinajstić information content (AvgIpc) is 2.42. The third kappa shape index (κ3) is 3.76. The zero-order chi connectivity index (χ0) is 15.6. The number of aryl methyl sites for hydroxylation is 1. The van der Waals surface area contributed by atoms with Crippen LogP contribution in [0.1, 0.15) is 36.5 Å². The molecular weight excluding hydrogens is 290 g/mol. The molecule has 1 atom stereocenters. The van der Waals surface area contributed by atoms with Crippen molar-refractivity contribution in [3.05, 3.63) is 33.8 Å². The summed E-state index contributed by atoms with van der Waals surface area (Å²) >= 11 is 6.35. The van der Waals surface area contributed by atoms with Crippen molar-refractivity contribution in [1.82, 2.24) is 4.90 Å². The van der Waals surface area contributed by atoms with Gasteiger partial charge in [-0.1, -0.05) is 31.5 Å². The number of morpholine rings is 1. The fourth-order valence-electron chi connectivity index (χ4n) is 2.63. The summed E-state index contributed by atoms with van der Waals surface area (Å²) in [5.74, 6) is -0.461. The van der Waals surface area contributed by atoms with E-state index in [1.165, 1.54) is 0 Å². The molecule has 1 aromatic rings. The van der Waals surface area contributed by atoms with Gasteiger partial charge in [-0.25, -0.2) is 0 Å². The maximum atomic E-state index is 11.3. The van der Waals surface area contributed by atoms with Crippen LogP contribution in [0.25, 0.3) is 0 Å². The lowest BCUT2D eigenvalue weighted by atomic mass is 9.97. The summed E-state index contributed by atoms with van der Waals surface area (Å²) in [4.78, 5) is 13.2. The molecule has 0 aromatic heterocycles. The van der Waals surface area contributed by atoms with E-state index < -0.39 is 12.0 Å². The quantitative estimate of drug-likeness (QED) is 0.928. The maximum absolute atomic E-state index is 11.3. The van der Waals surface area contributed by atoms with E-state index in [1.807, 2.05) is 17.9 Å². The normalized spacial score (nSPS) is 20.0. The van der Waals surface area contributed by atoms with Gasteiger partial charge in [-0.3, -0.25) is 9.69 Å². The van der Waals surface area contributed by atoms with Gasteiger partial charge in [-0.2, -0.15) is 0 Å². The number of halogens is 1. The minimum Gasteiger partial charge on any atom is -0.480 e. The molecule has 4 nitrogen and oxygen atoms in total. The number of carboxylic acid groups (broad SMARTS) is 1. The summed E-state index contributed by atoms with van der Waals surface area (Å²) in [7, 11) is 0. The van der Waals surface area contributed by atoms with E-state index in [9.17, 15) is 9.90 Å². The second-order valence-electron chi connectivity index (χ2n) is 5.85. The second kappa shape index (κ2) is 6.77.